The molecule has 176 valence electrons. The van der Waals surface area contributed by atoms with Gasteiger partial charge in [0.25, 0.3) is 5.91 Å². The van der Waals surface area contributed by atoms with Crippen molar-refractivity contribution in [2.45, 2.75) is 45.7 Å². The maximum absolute atomic E-state index is 13.7. The SMILES string of the molecule is CCCCNC(=O)[C@@H](CC)N(Cc1ccccc1)C(=O)CN1C(=O)c2cccc3cccc1c23. The first-order chi connectivity index (χ1) is 16.5. The van der Waals surface area contributed by atoms with E-state index < -0.39 is 6.04 Å². The van der Waals surface area contributed by atoms with E-state index in [1.807, 2.05) is 67.6 Å². The summed E-state index contributed by atoms with van der Waals surface area (Å²) in [6.45, 7) is 4.76. The Hall–Kier alpha value is -3.67. The van der Waals surface area contributed by atoms with Gasteiger partial charge in [0.2, 0.25) is 11.8 Å². The van der Waals surface area contributed by atoms with E-state index >= 15 is 0 Å². The van der Waals surface area contributed by atoms with Crippen LogP contribution in [0.15, 0.2) is 66.7 Å². The molecular formula is C28H31N3O3. The van der Waals surface area contributed by atoms with Gasteiger partial charge in [-0.05, 0) is 35.9 Å². The van der Waals surface area contributed by atoms with Crippen LogP contribution in [0.1, 0.15) is 49.0 Å². The second-order valence-electron chi connectivity index (χ2n) is 8.65. The number of amides is 3. The summed E-state index contributed by atoms with van der Waals surface area (Å²) >= 11 is 0. The van der Waals surface area contributed by atoms with Crippen LogP contribution in [0, 0.1) is 0 Å². The fourth-order valence-electron chi connectivity index (χ4n) is 4.57. The van der Waals surface area contributed by atoms with Crippen LogP contribution in [0.25, 0.3) is 10.8 Å². The number of nitrogens with one attached hydrogen (secondary N) is 1. The molecule has 1 N–H and O–H groups in total. The molecule has 1 atom stereocenters. The number of anilines is 1. The summed E-state index contributed by atoms with van der Waals surface area (Å²) in [5.74, 6) is -0.585. The summed E-state index contributed by atoms with van der Waals surface area (Å²) in [7, 11) is 0. The lowest BCUT2D eigenvalue weighted by Gasteiger charge is -2.32. The van der Waals surface area contributed by atoms with Crippen molar-refractivity contribution in [1.29, 1.82) is 0 Å². The molecule has 0 fully saturated rings. The van der Waals surface area contributed by atoms with Gasteiger partial charge in [-0.1, -0.05) is 74.9 Å². The molecule has 0 saturated heterocycles. The Morgan fingerprint density at radius 2 is 1.71 bits per heavy atom. The van der Waals surface area contributed by atoms with Crippen LogP contribution >= 0.6 is 0 Å². The Balaban J connectivity index is 1.61. The number of unbranched alkanes of at least 4 members (excludes halogenated alkanes) is 1. The number of carbonyl (C=O) groups is 3. The average molecular weight is 458 g/mol. The molecule has 0 radical (unpaired) electrons. The summed E-state index contributed by atoms with van der Waals surface area (Å²) in [4.78, 5) is 43.1. The summed E-state index contributed by atoms with van der Waals surface area (Å²) in [5.41, 5.74) is 2.29. The molecule has 0 aliphatic carbocycles. The zero-order chi connectivity index (χ0) is 24.1. The molecule has 3 aromatic carbocycles. The highest BCUT2D eigenvalue weighted by Crippen LogP contribution is 2.37. The van der Waals surface area contributed by atoms with E-state index in [2.05, 4.69) is 12.2 Å². The molecule has 0 aromatic heterocycles. The van der Waals surface area contributed by atoms with Gasteiger partial charge >= 0.3 is 0 Å². The van der Waals surface area contributed by atoms with Crippen molar-refractivity contribution in [1.82, 2.24) is 10.2 Å². The Bertz CT molecular complexity index is 1190. The van der Waals surface area contributed by atoms with Crippen LogP contribution in [0.3, 0.4) is 0 Å². The van der Waals surface area contributed by atoms with E-state index in [4.69, 9.17) is 0 Å². The minimum atomic E-state index is -0.611. The predicted octanol–water partition coefficient (Wildman–Crippen LogP) is 4.52. The molecule has 1 aliphatic heterocycles. The molecule has 34 heavy (non-hydrogen) atoms. The fraction of sp³-hybridized carbons (Fsp3) is 0.321. The summed E-state index contributed by atoms with van der Waals surface area (Å²) < 4.78 is 0. The predicted molar refractivity (Wildman–Crippen MR) is 135 cm³/mol. The summed E-state index contributed by atoms with van der Waals surface area (Å²) in [6, 6.07) is 20.4. The smallest absolute Gasteiger partial charge is 0.259 e. The van der Waals surface area contributed by atoms with Gasteiger partial charge in [-0.2, -0.15) is 0 Å². The molecular weight excluding hydrogens is 426 g/mol. The molecule has 4 rings (SSSR count). The van der Waals surface area contributed by atoms with Crippen LogP contribution in [-0.4, -0.2) is 41.8 Å². The quantitative estimate of drug-likeness (QED) is 0.455. The van der Waals surface area contributed by atoms with Crippen LogP contribution in [-0.2, 0) is 16.1 Å². The van der Waals surface area contributed by atoms with Gasteiger partial charge in [0.05, 0.1) is 5.69 Å². The minimum Gasteiger partial charge on any atom is -0.354 e. The van der Waals surface area contributed by atoms with Crippen LogP contribution < -0.4 is 10.2 Å². The molecule has 0 bridgehead atoms. The van der Waals surface area contributed by atoms with E-state index in [9.17, 15) is 14.4 Å². The summed E-state index contributed by atoms with van der Waals surface area (Å²) in [5, 5.41) is 4.82. The third-order valence-corrected chi connectivity index (χ3v) is 6.35. The van der Waals surface area contributed by atoms with Crippen LogP contribution in [0.5, 0.6) is 0 Å². The Morgan fingerprint density at radius 3 is 2.41 bits per heavy atom. The molecule has 6 nitrogen and oxygen atoms in total. The van der Waals surface area contributed by atoms with Crippen molar-refractivity contribution in [2.24, 2.45) is 0 Å². The molecule has 6 heteroatoms. The first-order valence-corrected chi connectivity index (χ1v) is 12.0. The van der Waals surface area contributed by atoms with E-state index in [-0.39, 0.29) is 24.3 Å². The van der Waals surface area contributed by atoms with Crippen molar-refractivity contribution in [3.8, 4) is 0 Å². The van der Waals surface area contributed by atoms with Crippen molar-refractivity contribution >= 4 is 34.2 Å². The highest BCUT2D eigenvalue weighted by Gasteiger charge is 2.35. The minimum absolute atomic E-state index is 0.113. The number of hydrogen-bond donors (Lipinski definition) is 1. The summed E-state index contributed by atoms with van der Waals surface area (Å²) in [6.07, 6.45) is 2.35. The van der Waals surface area contributed by atoms with Gasteiger partial charge in [-0.15, -0.1) is 0 Å². The number of benzene rings is 3. The van der Waals surface area contributed by atoms with E-state index in [1.165, 1.54) is 0 Å². The topological polar surface area (TPSA) is 69.7 Å². The van der Waals surface area contributed by atoms with Crippen molar-refractivity contribution in [2.75, 3.05) is 18.0 Å². The van der Waals surface area contributed by atoms with Gasteiger partial charge in [-0.3, -0.25) is 19.3 Å². The molecule has 1 aliphatic rings. The lowest BCUT2D eigenvalue weighted by atomic mass is 10.1. The molecule has 0 spiro atoms. The normalized spacial score (nSPS) is 13.2. The molecule has 1 heterocycles. The maximum atomic E-state index is 13.7. The third-order valence-electron chi connectivity index (χ3n) is 6.35. The van der Waals surface area contributed by atoms with E-state index in [1.54, 1.807) is 15.9 Å². The van der Waals surface area contributed by atoms with Crippen molar-refractivity contribution in [3.63, 3.8) is 0 Å². The maximum Gasteiger partial charge on any atom is 0.259 e. The van der Waals surface area contributed by atoms with Gasteiger partial charge < -0.3 is 10.2 Å². The van der Waals surface area contributed by atoms with Crippen molar-refractivity contribution in [3.05, 3.63) is 77.9 Å². The highest BCUT2D eigenvalue weighted by molar-refractivity contribution is 6.26. The highest BCUT2D eigenvalue weighted by atomic mass is 16.2. The molecule has 3 aromatic rings. The molecule has 0 saturated carbocycles. The van der Waals surface area contributed by atoms with Gasteiger partial charge in [0, 0.05) is 24.0 Å². The molecule has 0 unspecified atom stereocenters. The second-order valence-corrected chi connectivity index (χ2v) is 8.65. The number of carbonyl (C=O) groups excluding carboxylic acids is 3. The Kier molecular flexibility index (Phi) is 7.26. The van der Waals surface area contributed by atoms with Gasteiger partial charge in [0.1, 0.15) is 12.6 Å². The van der Waals surface area contributed by atoms with E-state index in [0.717, 1.165) is 34.9 Å². The van der Waals surface area contributed by atoms with Crippen LogP contribution in [0.4, 0.5) is 5.69 Å². The first kappa shape index (κ1) is 23.5. The number of rotatable bonds is 10. The largest absolute Gasteiger partial charge is 0.354 e. The lowest BCUT2D eigenvalue weighted by molar-refractivity contribution is -0.140. The number of nitrogens with zero attached hydrogens (tertiary/aromatic N) is 2. The zero-order valence-corrected chi connectivity index (χ0v) is 19.8. The third kappa shape index (κ3) is 4.67. The average Bonchev–Trinajstić information content (AvgIpc) is 3.12. The zero-order valence-electron chi connectivity index (χ0n) is 19.8. The first-order valence-electron chi connectivity index (χ1n) is 12.0. The van der Waals surface area contributed by atoms with Gasteiger partial charge in [-0.25, -0.2) is 0 Å². The lowest BCUT2D eigenvalue weighted by Crippen LogP contribution is -2.52. The Labute approximate surface area is 200 Å². The van der Waals surface area contributed by atoms with Gasteiger partial charge in [0.15, 0.2) is 0 Å². The standard InChI is InChI=1S/C28H31N3O3/c1-3-5-17-29-27(33)23(4-2)30(18-20-11-7-6-8-12-20)25(32)19-31-24-16-10-14-21-13-9-15-22(26(21)24)28(31)34/h6-16,23H,3-5,17-19H2,1-2H3,(H,29,33)/t23-/m1/s1. The van der Waals surface area contributed by atoms with E-state index in [0.29, 0.717) is 25.1 Å². The molecule has 3 amide bonds. The number of hydrogen-bond acceptors (Lipinski definition) is 3. The Morgan fingerprint density at radius 1 is 0.971 bits per heavy atom. The fourth-order valence-corrected chi connectivity index (χ4v) is 4.57. The monoisotopic (exact) mass is 457 g/mol. The van der Waals surface area contributed by atoms with Crippen LogP contribution in [0.2, 0.25) is 0 Å². The second kappa shape index (κ2) is 10.5. The van der Waals surface area contributed by atoms with Crippen molar-refractivity contribution < 1.29 is 14.4 Å².